The summed E-state index contributed by atoms with van der Waals surface area (Å²) in [7, 11) is 0. The van der Waals surface area contributed by atoms with Crippen LogP contribution >= 0.6 is 0 Å². The molecule has 0 unspecified atom stereocenters. The first-order chi connectivity index (χ1) is 5.74. The molecular formula is C8H17N3O. The molecular weight excluding hydrogens is 154 g/mol. The molecule has 4 heteroatoms. The van der Waals surface area contributed by atoms with E-state index < -0.39 is 0 Å². The zero-order valence-electron chi connectivity index (χ0n) is 7.33. The van der Waals surface area contributed by atoms with Crippen LogP contribution in [-0.4, -0.2) is 36.5 Å². The molecule has 0 aromatic rings. The van der Waals surface area contributed by atoms with Gasteiger partial charge in [-0.05, 0) is 12.8 Å². The fraction of sp³-hybridized carbons (Fsp3) is 0.875. The van der Waals surface area contributed by atoms with Crippen molar-refractivity contribution in [3.8, 4) is 0 Å². The predicted molar refractivity (Wildman–Crippen MR) is 47.5 cm³/mol. The van der Waals surface area contributed by atoms with Crippen molar-refractivity contribution >= 4 is 5.91 Å². The Morgan fingerprint density at radius 2 is 2.17 bits per heavy atom. The lowest BCUT2D eigenvalue weighted by atomic mass is 9.91. The number of carbonyl (C=O) groups is 1. The van der Waals surface area contributed by atoms with E-state index in [0.717, 1.165) is 6.54 Å². The van der Waals surface area contributed by atoms with Crippen molar-refractivity contribution in [2.45, 2.75) is 25.3 Å². The summed E-state index contributed by atoms with van der Waals surface area (Å²) in [6, 6.07) is 0.557. The summed E-state index contributed by atoms with van der Waals surface area (Å²) in [6.07, 6.45) is 3.64. The van der Waals surface area contributed by atoms with Crippen LogP contribution in [0.3, 0.4) is 0 Å². The summed E-state index contributed by atoms with van der Waals surface area (Å²) in [5.41, 5.74) is 10.5. The second-order valence-electron chi connectivity index (χ2n) is 3.31. The number of amides is 1. The van der Waals surface area contributed by atoms with E-state index in [4.69, 9.17) is 11.5 Å². The third-order valence-electron chi connectivity index (χ3n) is 2.37. The van der Waals surface area contributed by atoms with Crippen LogP contribution in [-0.2, 0) is 4.79 Å². The van der Waals surface area contributed by atoms with Crippen LogP contribution in [0, 0.1) is 0 Å². The van der Waals surface area contributed by atoms with Gasteiger partial charge in [0, 0.05) is 19.1 Å². The molecule has 0 heterocycles. The lowest BCUT2D eigenvalue weighted by Crippen LogP contribution is -2.46. The molecule has 0 aromatic heterocycles. The summed E-state index contributed by atoms with van der Waals surface area (Å²) in [6.45, 7) is 1.75. The molecule has 0 bridgehead atoms. The van der Waals surface area contributed by atoms with Crippen LogP contribution in [0.2, 0.25) is 0 Å². The third kappa shape index (κ3) is 2.46. The van der Waals surface area contributed by atoms with Gasteiger partial charge < -0.3 is 11.5 Å². The van der Waals surface area contributed by atoms with E-state index in [2.05, 4.69) is 4.90 Å². The van der Waals surface area contributed by atoms with Crippen molar-refractivity contribution in [1.82, 2.24) is 4.90 Å². The monoisotopic (exact) mass is 171 g/mol. The zero-order valence-corrected chi connectivity index (χ0v) is 7.33. The third-order valence-corrected chi connectivity index (χ3v) is 2.37. The van der Waals surface area contributed by atoms with Gasteiger partial charge in [-0.1, -0.05) is 6.42 Å². The van der Waals surface area contributed by atoms with E-state index in [0.29, 0.717) is 19.1 Å². The smallest absolute Gasteiger partial charge is 0.231 e. The van der Waals surface area contributed by atoms with Crippen molar-refractivity contribution in [1.29, 1.82) is 0 Å². The van der Waals surface area contributed by atoms with Gasteiger partial charge in [-0.15, -0.1) is 0 Å². The van der Waals surface area contributed by atoms with Crippen molar-refractivity contribution in [3.05, 3.63) is 0 Å². The van der Waals surface area contributed by atoms with E-state index >= 15 is 0 Å². The fourth-order valence-corrected chi connectivity index (χ4v) is 1.51. The average Bonchev–Trinajstić information content (AvgIpc) is 1.81. The summed E-state index contributed by atoms with van der Waals surface area (Å²) in [5.74, 6) is -0.254. The lowest BCUT2D eigenvalue weighted by Gasteiger charge is -2.36. The molecule has 70 valence electrons. The van der Waals surface area contributed by atoms with Crippen LogP contribution in [0.1, 0.15) is 19.3 Å². The highest BCUT2D eigenvalue weighted by molar-refractivity contribution is 5.75. The Hall–Kier alpha value is -0.610. The minimum atomic E-state index is -0.254. The van der Waals surface area contributed by atoms with E-state index in [1.165, 1.54) is 19.3 Å². The van der Waals surface area contributed by atoms with Gasteiger partial charge in [0.1, 0.15) is 0 Å². The zero-order chi connectivity index (χ0) is 8.97. The van der Waals surface area contributed by atoms with Crippen molar-refractivity contribution in [2.24, 2.45) is 11.5 Å². The molecule has 0 atom stereocenters. The molecule has 12 heavy (non-hydrogen) atoms. The molecule has 1 fully saturated rings. The van der Waals surface area contributed by atoms with Gasteiger partial charge in [0.15, 0.2) is 0 Å². The Morgan fingerprint density at radius 3 is 2.50 bits per heavy atom. The summed E-state index contributed by atoms with van der Waals surface area (Å²) in [4.78, 5) is 12.8. The average molecular weight is 171 g/mol. The van der Waals surface area contributed by atoms with Gasteiger partial charge in [0.25, 0.3) is 0 Å². The number of rotatable bonds is 5. The Balaban J connectivity index is 2.31. The number of carbonyl (C=O) groups excluding carboxylic acids is 1. The Kier molecular flexibility index (Phi) is 3.49. The number of nitrogens with zero attached hydrogens (tertiary/aromatic N) is 1. The van der Waals surface area contributed by atoms with Gasteiger partial charge in [0.05, 0.1) is 6.54 Å². The quantitative estimate of drug-likeness (QED) is 0.573. The summed E-state index contributed by atoms with van der Waals surface area (Å²) in [5, 5.41) is 0. The highest BCUT2D eigenvalue weighted by Crippen LogP contribution is 2.23. The van der Waals surface area contributed by atoms with Crippen LogP contribution in [0.5, 0.6) is 0 Å². The molecule has 0 aliphatic heterocycles. The fourth-order valence-electron chi connectivity index (χ4n) is 1.51. The summed E-state index contributed by atoms with van der Waals surface area (Å²) < 4.78 is 0. The van der Waals surface area contributed by atoms with Gasteiger partial charge in [0.2, 0.25) is 5.91 Å². The Labute approximate surface area is 72.9 Å². The van der Waals surface area contributed by atoms with E-state index in [1.807, 2.05) is 0 Å². The molecule has 0 spiro atoms. The molecule has 0 aromatic carbocycles. The van der Waals surface area contributed by atoms with E-state index in [1.54, 1.807) is 0 Å². The largest absolute Gasteiger partial charge is 0.369 e. The summed E-state index contributed by atoms with van der Waals surface area (Å²) >= 11 is 0. The Morgan fingerprint density at radius 1 is 1.50 bits per heavy atom. The minimum Gasteiger partial charge on any atom is -0.369 e. The van der Waals surface area contributed by atoms with Gasteiger partial charge >= 0.3 is 0 Å². The highest BCUT2D eigenvalue weighted by Gasteiger charge is 2.24. The normalized spacial score (nSPS) is 17.8. The molecule has 1 aliphatic carbocycles. The molecule has 0 saturated heterocycles. The maximum atomic E-state index is 10.7. The predicted octanol–water partition coefficient (Wildman–Crippen LogP) is -0.715. The van der Waals surface area contributed by atoms with Crippen molar-refractivity contribution < 1.29 is 4.79 Å². The van der Waals surface area contributed by atoms with Crippen LogP contribution in [0.4, 0.5) is 0 Å². The van der Waals surface area contributed by atoms with E-state index in [9.17, 15) is 4.79 Å². The minimum absolute atomic E-state index is 0.254. The molecule has 1 saturated carbocycles. The second-order valence-corrected chi connectivity index (χ2v) is 3.31. The van der Waals surface area contributed by atoms with Crippen LogP contribution < -0.4 is 11.5 Å². The van der Waals surface area contributed by atoms with Crippen LogP contribution in [0.25, 0.3) is 0 Å². The van der Waals surface area contributed by atoms with Crippen LogP contribution in [0.15, 0.2) is 0 Å². The molecule has 1 aliphatic rings. The van der Waals surface area contributed by atoms with Gasteiger partial charge in [-0.25, -0.2) is 0 Å². The first-order valence-electron chi connectivity index (χ1n) is 4.46. The first kappa shape index (κ1) is 9.48. The maximum absolute atomic E-state index is 10.7. The van der Waals surface area contributed by atoms with Crippen molar-refractivity contribution in [2.75, 3.05) is 19.6 Å². The standard InChI is InChI=1S/C8H17N3O/c9-4-5-11(6-8(10)12)7-2-1-3-7/h7H,1-6,9H2,(H2,10,12). The van der Waals surface area contributed by atoms with Gasteiger partial charge in [-0.3, -0.25) is 9.69 Å². The number of primary amides is 1. The molecule has 0 radical (unpaired) electrons. The topological polar surface area (TPSA) is 72.3 Å². The molecule has 4 N–H and O–H groups in total. The SMILES string of the molecule is NCCN(CC(N)=O)C1CCC1. The number of hydrogen-bond acceptors (Lipinski definition) is 3. The van der Waals surface area contributed by atoms with Gasteiger partial charge in [-0.2, -0.15) is 0 Å². The lowest BCUT2D eigenvalue weighted by molar-refractivity contribution is -0.120. The van der Waals surface area contributed by atoms with Crippen molar-refractivity contribution in [3.63, 3.8) is 0 Å². The number of nitrogens with two attached hydrogens (primary N) is 2. The number of hydrogen-bond donors (Lipinski definition) is 2. The Bertz CT molecular complexity index is 156. The second kappa shape index (κ2) is 4.42. The molecule has 1 rings (SSSR count). The molecule has 4 nitrogen and oxygen atoms in total. The van der Waals surface area contributed by atoms with E-state index in [-0.39, 0.29) is 5.91 Å². The highest BCUT2D eigenvalue weighted by atomic mass is 16.1. The first-order valence-corrected chi connectivity index (χ1v) is 4.46. The molecule has 1 amide bonds. The maximum Gasteiger partial charge on any atom is 0.231 e.